The highest BCUT2D eigenvalue weighted by Crippen LogP contribution is 2.23. The number of carbonyl (C=O) groups excluding carboxylic acids is 1. The second kappa shape index (κ2) is 43.8. The highest BCUT2D eigenvalue weighted by atomic mass is 16.7. The monoisotopic (exact) mass is 882 g/mol. The molecular weight excluding hydrogens is 779 g/mol. The van der Waals surface area contributed by atoms with Crippen molar-refractivity contribution in [2.45, 2.75) is 307 Å². The Hall–Kier alpha value is -1.07. The van der Waals surface area contributed by atoms with Crippen LogP contribution in [0, 0.1) is 0 Å². The fourth-order valence-electron chi connectivity index (χ4n) is 8.81. The maximum atomic E-state index is 13.0. The highest BCUT2D eigenvalue weighted by molar-refractivity contribution is 5.76. The maximum absolute atomic E-state index is 13.0. The van der Waals surface area contributed by atoms with Crippen LogP contribution in [0.3, 0.4) is 0 Å². The predicted octanol–water partition coefficient (Wildman–Crippen LogP) is 12.5. The van der Waals surface area contributed by atoms with Crippen molar-refractivity contribution in [3.8, 4) is 0 Å². The van der Waals surface area contributed by atoms with Crippen molar-refractivity contribution in [3.05, 3.63) is 12.2 Å². The number of ether oxygens (including phenoxy) is 2. The molecule has 1 rings (SSSR count). The number of carbonyl (C=O) groups is 1. The van der Waals surface area contributed by atoms with Crippen LogP contribution in [-0.4, -0.2) is 87.5 Å². The van der Waals surface area contributed by atoms with Crippen LogP contribution in [0.1, 0.15) is 264 Å². The van der Waals surface area contributed by atoms with Crippen molar-refractivity contribution in [1.82, 2.24) is 5.32 Å². The van der Waals surface area contributed by atoms with Gasteiger partial charge in [-0.05, 0) is 19.3 Å². The van der Waals surface area contributed by atoms with E-state index in [9.17, 15) is 30.3 Å². The number of hydrogen-bond acceptors (Lipinski definition) is 8. The van der Waals surface area contributed by atoms with Gasteiger partial charge in [-0.1, -0.05) is 251 Å². The van der Waals surface area contributed by atoms with Crippen molar-refractivity contribution in [2.24, 2.45) is 0 Å². The fraction of sp³-hybridized carbons (Fsp3) is 0.943. The van der Waals surface area contributed by atoms with Gasteiger partial charge in [0, 0.05) is 6.42 Å². The van der Waals surface area contributed by atoms with E-state index in [0.717, 1.165) is 38.5 Å². The molecule has 0 aromatic rings. The maximum Gasteiger partial charge on any atom is 0.220 e. The van der Waals surface area contributed by atoms with E-state index in [-0.39, 0.29) is 12.5 Å². The summed E-state index contributed by atoms with van der Waals surface area (Å²) in [6.07, 6.45) is 45.7. The summed E-state index contributed by atoms with van der Waals surface area (Å²) in [4.78, 5) is 13.0. The zero-order valence-corrected chi connectivity index (χ0v) is 40.6. The van der Waals surface area contributed by atoms with Gasteiger partial charge >= 0.3 is 0 Å². The van der Waals surface area contributed by atoms with Crippen LogP contribution in [0.25, 0.3) is 0 Å². The van der Waals surface area contributed by atoms with Gasteiger partial charge in [-0.25, -0.2) is 0 Å². The molecule has 1 aliphatic rings. The Kier molecular flexibility index (Phi) is 41.6. The lowest BCUT2D eigenvalue weighted by atomic mass is 9.99. The first-order valence-electron chi connectivity index (χ1n) is 26.9. The first-order valence-corrected chi connectivity index (χ1v) is 26.9. The van der Waals surface area contributed by atoms with Gasteiger partial charge in [0.05, 0.1) is 25.4 Å². The third kappa shape index (κ3) is 33.4. The molecule has 1 heterocycles. The van der Waals surface area contributed by atoms with Gasteiger partial charge in [-0.2, -0.15) is 0 Å². The van der Waals surface area contributed by atoms with Gasteiger partial charge in [0.1, 0.15) is 24.4 Å². The Morgan fingerprint density at radius 3 is 1.26 bits per heavy atom. The molecule has 2 unspecified atom stereocenters. The van der Waals surface area contributed by atoms with Crippen molar-refractivity contribution in [2.75, 3.05) is 13.2 Å². The molecule has 0 saturated carbocycles. The lowest BCUT2D eigenvalue weighted by Crippen LogP contribution is -2.60. The van der Waals surface area contributed by atoms with E-state index >= 15 is 0 Å². The molecule has 1 amide bonds. The molecule has 62 heavy (non-hydrogen) atoms. The smallest absolute Gasteiger partial charge is 0.220 e. The van der Waals surface area contributed by atoms with Gasteiger partial charge < -0.3 is 40.3 Å². The summed E-state index contributed by atoms with van der Waals surface area (Å²) in [7, 11) is 0. The summed E-state index contributed by atoms with van der Waals surface area (Å²) in [6, 6.07) is -0.798. The van der Waals surface area contributed by atoms with Crippen LogP contribution in [0.4, 0.5) is 0 Å². The minimum absolute atomic E-state index is 0.173. The van der Waals surface area contributed by atoms with Gasteiger partial charge in [0.2, 0.25) is 5.91 Å². The van der Waals surface area contributed by atoms with Gasteiger partial charge in [-0.3, -0.25) is 4.79 Å². The molecule has 0 radical (unpaired) electrons. The molecule has 0 aliphatic carbocycles. The summed E-state index contributed by atoms with van der Waals surface area (Å²) in [5.41, 5.74) is 0. The standard InChI is InChI=1S/C53H103NO8/c1-3-5-7-9-11-13-15-16-17-18-19-20-21-22-23-24-25-26-27-28-29-30-31-33-35-37-39-41-43-49(57)54-46(45-61-53-52(60)51(59)50(58)48(44-55)62-53)47(56)42-40-38-36-34-32-14-12-10-8-6-4-2/h40,42,46-48,50-53,55-56,58-60H,3-39,41,43-45H2,1-2H3,(H,54,57)/b42-40+/t46-,47+,48+,50-,51?,52?,53+/m0/s1. The highest BCUT2D eigenvalue weighted by Gasteiger charge is 2.44. The molecule has 6 N–H and O–H groups in total. The number of unbranched alkanes of at least 4 members (excludes halogenated alkanes) is 36. The Bertz CT molecular complexity index is 981. The second-order valence-corrected chi connectivity index (χ2v) is 19.0. The number of aliphatic hydroxyl groups excluding tert-OH is 5. The van der Waals surface area contributed by atoms with Crippen LogP contribution in [0.15, 0.2) is 12.2 Å². The van der Waals surface area contributed by atoms with Crippen molar-refractivity contribution in [3.63, 3.8) is 0 Å². The Morgan fingerprint density at radius 1 is 0.532 bits per heavy atom. The van der Waals surface area contributed by atoms with E-state index < -0.39 is 49.5 Å². The first-order chi connectivity index (χ1) is 30.3. The largest absolute Gasteiger partial charge is 0.394 e. The van der Waals surface area contributed by atoms with E-state index in [1.54, 1.807) is 6.08 Å². The second-order valence-electron chi connectivity index (χ2n) is 19.0. The van der Waals surface area contributed by atoms with Crippen LogP contribution >= 0.6 is 0 Å². The van der Waals surface area contributed by atoms with Crippen LogP contribution < -0.4 is 5.32 Å². The zero-order chi connectivity index (χ0) is 45.1. The number of amides is 1. The minimum Gasteiger partial charge on any atom is -0.394 e. The Labute approximate surface area is 382 Å². The van der Waals surface area contributed by atoms with Crippen molar-refractivity contribution < 1.29 is 39.8 Å². The number of nitrogens with one attached hydrogen (secondary N) is 1. The third-order valence-corrected chi connectivity index (χ3v) is 13.1. The van der Waals surface area contributed by atoms with Crippen LogP contribution in [0.5, 0.6) is 0 Å². The lowest BCUT2D eigenvalue weighted by molar-refractivity contribution is -0.302. The van der Waals surface area contributed by atoms with Gasteiger partial charge in [-0.15, -0.1) is 0 Å². The molecular formula is C53H103NO8. The SMILES string of the molecule is CCCCCCCCCCC/C=C/[C@@H](O)[C@H](CO[C@@H]1O[C@H](CO)[C@H](O)C(O)C1O)NC(=O)CCCCCCCCCCCCCCCCCCCCCCCCCCCCCC. The van der Waals surface area contributed by atoms with E-state index in [1.807, 2.05) is 6.08 Å². The Balaban J connectivity index is 2.14. The number of aliphatic hydroxyl groups is 5. The Morgan fingerprint density at radius 2 is 0.887 bits per heavy atom. The molecule has 1 aliphatic heterocycles. The predicted molar refractivity (Wildman–Crippen MR) is 258 cm³/mol. The molecule has 7 atom stereocenters. The normalized spacial score (nSPS) is 20.3. The minimum atomic E-state index is -1.56. The topological polar surface area (TPSA) is 149 Å². The molecule has 1 saturated heterocycles. The number of rotatable bonds is 46. The molecule has 0 aromatic carbocycles. The fourth-order valence-corrected chi connectivity index (χ4v) is 8.81. The summed E-state index contributed by atoms with van der Waals surface area (Å²) >= 11 is 0. The quantitative estimate of drug-likeness (QED) is 0.0261. The van der Waals surface area contributed by atoms with Crippen molar-refractivity contribution in [1.29, 1.82) is 0 Å². The van der Waals surface area contributed by atoms with E-state index in [2.05, 4.69) is 19.2 Å². The van der Waals surface area contributed by atoms with Crippen molar-refractivity contribution >= 4 is 5.91 Å². The molecule has 1 fully saturated rings. The summed E-state index contributed by atoms with van der Waals surface area (Å²) in [5, 5.41) is 54.2. The third-order valence-electron chi connectivity index (χ3n) is 13.1. The molecule has 0 aromatic heterocycles. The molecule has 368 valence electrons. The number of hydrogen-bond donors (Lipinski definition) is 6. The first kappa shape index (κ1) is 58.9. The lowest BCUT2D eigenvalue weighted by Gasteiger charge is -2.40. The van der Waals surface area contributed by atoms with E-state index in [0.29, 0.717) is 6.42 Å². The van der Waals surface area contributed by atoms with Crippen LogP contribution in [-0.2, 0) is 14.3 Å². The molecule has 9 nitrogen and oxygen atoms in total. The molecule has 0 bridgehead atoms. The zero-order valence-electron chi connectivity index (χ0n) is 40.6. The van der Waals surface area contributed by atoms with E-state index in [4.69, 9.17) is 9.47 Å². The number of allylic oxidation sites excluding steroid dienone is 1. The summed E-state index contributed by atoms with van der Waals surface area (Å²) < 4.78 is 11.2. The average molecular weight is 882 g/mol. The van der Waals surface area contributed by atoms with E-state index in [1.165, 1.54) is 205 Å². The van der Waals surface area contributed by atoms with Crippen LogP contribution in [0.2, 0.25) is 0 Å². The summed E-state index contributed by atoms with van der Waals surface area (Å²) in [6.45, 7) is 3.78. The average Bonchev–Trinajstić information content (AvgIpc) is 3.27. The van der Waals surface area contributed by atoms with Gasteiger partial charge in [0.15, 0.2) is 6.29 Å². The summed E-state index contributed by atoms with van der Waals surface area (Å²) in [5.74, 6) is -0.173. The molecule has 0 spiro atoms. The molecule has 9 heteroatoms. The van der Waals surface area contributed by atoms with Gasteiger partial charge in [0.25, 0.3) is 0 Å².